The van der Waals surface area contributed by atoms with Crippen LogP contribution >= 0.6 is 0 Å². The van der Waals surface area contributed by atoms with E-state index in [1.165, 1.54) is 22.0 Å². The lowest BCUT2D eigenvalue weighted by Crippen LogP contribution is -1.99. The van der Waals surface area contributed by atoms with E-state index in [4.69, 9.17) is 4.74 Å². The van der Waals surface area contributed by atoms with Crippen LogP contribution in [-0.4, -0.2) is 11.7 Å². The molecule has 0 bridgehead atoms. The second-order valence-corrected chi connectivity index (χ2v) is 5.17. The van der Waals surface area contributed by atoms with Gasteiger partial charge in [-0.2, -0.15) is 0 Å². The third kappa shape index (κ3) is 2.55. The Morgan fingerprint density at radius 3 is 2.55 bits per heavy atom. The van der Waals surface area contributed by atoms with Gasteiger partial charge in [0.1, 0.15) is 5.75 Å². The Kier molecular flexibility index (Phi) is 3.46. The molecule has 1 aromatic heterocycles. The van der Waals surface area contributed by atoms with Crippen molar-refractivity contribution in [1.29, 1.82) is 0 Å². The van der Waals surface area contributed by atoms with Crippen LogP contribution in [0.3, 0.4) is 0 Å². The summed E-state index contributed by atoms with van der Waals surface area (Å²) in [6, 6.07) is 17.1. The number of methoxy groups -OCH3 is 1. The molecule has 0 atom stereocenters. The van der Waals surface area contributed by atoms with Crippen molar-refractivity contribution in [3.8, 4) is 5.75 Å². The Morgan fingerprint density at radius 2 is 1.80 bits per heavy atom. The van der Waals surface area contributed by atoms with Crippen molar-refractivity contribution in [1.82, 2.24) is 4.57 Å². The van der Waals surface area contributed by atoms with Crippen molar-refractivity contribution in [3.05, 3.63) is 65.9 Å². The molecule has 0 N–H and O–H groups in total. The van der Waals surface area contributed by atoms with Crippen LogP contribution in [0.1, 0.15) is 11.1 Å². The van der Waals surface area contributed by atoms with Crippen molar-refractivity contribution >= 4 is 10.9 Å². The lowest BCUT2D eigenvalue weighted by atomic mass is 10.1. The highest BCUT2D eigenvalue weighted by Crippen LogP contribution is 2.18. The molecule has 0 aliphatic rings. The Hall–Kier alpha value is -2.22. The van der Waals surface area contributed by atoms with Crippen molar-refractivity contribution in [3.63, 3.8) is 0 Å². The first-order chi connectivity index (χ1) is 9.76. The number of fused-ring (bicyclic) bond motifs is 1. The van der Waals surface area contributed by atoms with Gasteiger partial charge in [0.2, 0.25) is 0 Å². The van der Waals surface area contributed by atoms with Gasteiger partial charge in [-0.1, -0.05) is 23.8 Å². The highest BCUT2D eigenvalue weighted by molar-refractivity contribution is 5.80. The fourth-order valence-electron chi connectivity index (χ4n) is 2.56. The van der Waals surface area contributed by atoms with Gasteiger partial charge in [-0.3, -0.25) is 0 Å². The van der Waals surface area contributed by atoms with Crippen LogP contribution in [0, 0.1) is 6.92 Å². The quantitative estimate of drug-likeness (QED) is 0.689. The van der Waals surface area contributed by atoms with Gasteiger partial charge < -0.3 is 9.30 Å². The maximum Gasteiger partial charge on any atom is 0.118 e. The number of hydrogen-bond acceptors (Lipinski definition) is 1. The SMILES string of the molecule is COc1ccc(CCn2ccc3cc(C)ccc32)cc1. The maximum absolute atomic E-state index is 5.18. The normalized spacial score (nSPS) is 10.9. The van der Waals surface area contributed by atoms with E-state index in [1.54, 1.807) is 7.11 Å². The minimum Gasteiger partial charge on any atom is -0.497 e. The molecule has 102 valence electrons. The van der Waals surface area contributed by atoms with Crippen molar-refractivity contribution in [2.24, 2.45) is 0 Å². The summed E-state index contributed by atoms with van der Waals surface area (Å²) in [7, 11) is 1.70. The van der Waals surface area contributed by atoms with E-state index in [0.29, 0.717) is 0 Å². The van der Waals surface area contributed by atoms with Gasteiger partial charge in [0.05, 0.1) is 7.11 Å². The van der Waals surface area contributed by atoms with E-state index in [1.807, 2.05) is 12.1 Å². The van der Waals surface area contributed by atoms with Crippen molar-refractivity contribution in [2.45, 2.75) is 19.9 Å². The predicted octanol–water partition coefficient (Wildman–Crippen LogP) is 4.20. The van der Waals surface area contributed by atoms with E-state index in [-0.39, 0.29) is 0 Å². The van der Waals surface area contributed by atoms with Crippen LogP contribution < -0.4 is 4.74 Å². The molecule has 0 aliphatic carbocycles. The molecule has 0 amide bonds. The van der Waals surface area contributed by atoms with Crippen LogP contribution in [0.5, 0.6) is 5.75 Å². The fourth-order valence-corrected chi connectivity index (χ4v) is 2.56. The summed E-state index contributed by atoms with van der Waals surface area (Å²) in [5.41, 5.74) is 3.95. The monoisotopic (exact) mass is 265 g/mol. The largest absolute Gasteiger partial charge is 0.497 e. The van der Waals surface area contributed by atoms with Gasteiger partial charge in [-0.15, -0.1) is 0 Å². The molecule has 0 saturated heterocycles. The van der Waals surface area contributed by atoms with Gasteiger partial charge in [-0.05, 0) is 54.6 Å². The van der Waals surface area contributed by atoms with Gasteiger partial charge in [0.15, 0.2) is 0 Å². The van der Waals surface area contributed by atoms with Crippen LogP contribution in [0.4, 0.5) is 0 Å². The van der Waals surface area contributed by atoms with E-state index in [2.05, 4.69) is 54.1 Å². The lowest BCUT2D eigenvalue weighted by molar-refractivity contribution is 0.414. The van der Waals surface area contributed by atoms with Crippen LogP contribution in [0.2, 0.25) is 0 Å². The molecule has 0 fully saturated rings. The van der Waals surface area contributed by atoms with Gasteiger partial charge in [0, 0.05) is 18.3 Å². The average Bonchev–Trinajstić information content (AvgIpc) is 2.88. The zero-order valence-electron chi connectivity index (χ0n) is 12.0. The number of nitrogens with zero attached hydrogens (tertiary/aromatic N) is 1. The van der Waals surface area contributed by atoms with Crippen molar-refractivity contribution in [2.75, 3.05) is 7.11 Å². The molecule has 0 aliphatic heterocycles. The molecule has 20 heavy (non-hydrogen) atoms. The van der Waals surface area contributed by atoms with E-state index in [9.17, 15) is 0 Å². The first kappa shape index (κ1) is 12.8. The number of benzene rings is 2. The summed E-state index contributed by atoms with van der Waals surface area (Å²) in [6.45, 7) is 3.13. The third-order valence-corrected chi connectivity index (χ3v) is 3.73. The summed E-state index contributed by atoms with van der Waals surface area (Å²) >= 11 is 0. The highest BCUT2D eigenvalue weighted by atomic mass is 16.5. The smallest absolute Gasteiger partial charge is 0.118 e. The number of ether oxygens (including phenoxy) is 1. The first-order valence-corrected chi connectivity index (χ1v) is 6.95. The Labute approximate surface area is 119 Å². The minimum atomic E-state index is 0.913. The summed E-state index contributed by atoms with van der Waals surface area (Å²) in [6.07, 6.45) is 3.20. The standard InChI is InChI=1S/C18H19NO/c1-14-3-8-18-16(13-14)10-12-19(18)11-9-15-4-6-17(20-2)7-5-15/h3-8,10,12-13H,9,11H2,1-2H3. The number of hydrogen-bond donors (Lipinski definition) is 0. The third-order valence-electron chi connectivity index (χ3n) is 3.73. The maximum atomic E-state index is 5.18. The first-order valence-electron chi connectivity index (χ1n) is 6.95. The molecule has 3 aromatic rings. The number of aromatic nitrogens is 1. The number of rotatable bonds is 4. The van der Waals surface area contributed by atoms with E-state index < -0.39 is 0 Å². The van der Waals surface area contributed by atoms with E-state index in [0.717, 1.165) is 18.7 Å². The lowest BCUT2D eigenvalue weighted by Gasteiger charge is -2.07. The zero-order chi connectivity index (χ0) is 13.9. The highest BCUT2D eigenvalue weighted by Gasteiger charge is 2.02. The summed E-state index contributed by atoms with van der Waals surface area (Å²) < 4.78 is 7.50. The molecule has 0 unspecified atom stereocenters. The van der Waals surface area contributed by atoms with Crippen LogP contribution in [0.15, 0.2) is 54.7 Å². The average molecular weight is 265 g/mol. The van der Waals surface area contributed by atoms with Crippen molar-refractivity contribution < 1.29 is 4.74 Å². The summed E-state index contributed by atoms with van der Waals surface area (Å²) in [4.78, 5) is 0. The topological polar surface area (TPSA) is 14.2 Å². The molecule has 0 spiro atoms. The molecular formula is C18H19NO. The Morgan fingerprint density at radius 1 is 1.00 bits per heavy atom. The van der Waals surface area contributed by atoms with Gasteiger partial charge >= 0.3 is 0 Å². The second-order valence-electron chi connectivity index (χ2n) is 5.17. The zero-order valence-corrected chi connectivity index (χ0v) is 12.0. The predicted molar refractivity (Wildman–Crippen MR) is 83.4 cm³/mol. The minimum absolute atomic E-state index is 0.913. The van der Waals surface area contributed by atoms with Gasteiger partial charge in [0.25, 0.3) is 0 Å². The molecular weight excluding hydrogens is 246 g/mol. The van der Waals surface area contributed by atoms with E-state index >= 15 is 0 Å². The van der Waals surface area contributed by atoms with Gasteiger partial charge in [-0.25, -0.2) is 0 Å². The molecule has 0 saturated carbocycles. The fraction of sp³-hybridized carbons (Fsp3) is 0.222. The molecule has 1 heterocycles. The summed E-state index contributed by atoms with van der Waals surface area (Å²) in [5, 5.41) is 1.32. The molecule has 2 nitrogen and oxygen atoms in total. The molecule has 3 rings (SSSR count). The summed E-state index contributed by atoms with van der Waals surface area (Å²) in [5.74, 6) is 0.913. The molecule has 2 heteroatoms. The second kappa shape index (κ2) is 5.41. The Bertz CT molecular complexity index is 710. The molecule has 0 radical (unpaired) electrons. The Balaban J connectivity index is 1.76. The van der Waals surface area contributed by atoms with Crippen LogP contribution in [-0.2, 0) is 13.0 Å². The van der Waals surface area contributed by atoms with Crippen LogP contribution in [0.25, 0.3) is 10.9 Å². The number of aryl methyl sites for hydroxylation is 3. The molecule has 2 aromatic carbocycles.